The molecule has 0 radical (unpaired) electrons. The first-order valence-corrected chi connectivity index (χ1v) is 5.76. The van der Waals surface area contributed by atoms with Crippen LogP contribution in [0.2, 0.25) is 0 Å². The van der Waals surface area contributed by atoms with E-state index in [0.29, 0.717) is 0 Å². The predicted molar refractivity (Wildman–Crippen MR) is 62.6 cm³/mol. The van der Waals surface area contributed by atoms with Gasteiger partial charge in [-0.15, -0.1) is 0 Å². The molecule has 1 heterocycles. The molecule has 1 saturated heterocycles. The first-order valence-electron chi connectivity index (χ1n) is 5.76. The lowest BCUT2D eigenvalue weighted by molar-refractivity contribution is 0.163. The third-order valence-electron chi connectivity index (χ3n) is 2.92. The van der Waals surface area contributed by atoms with Crippen molar-refractivity contribution in [3.63, 3.8) is 0 Å². The summed E-state index contributed by atoms with van der Waals surface area (Å²) in [6.45, 7) is 7.90. The zero-order valence-electron chi connectivity index (χ0n) is 9.84. The lowest BCUT2D eigenvalue weighted by Crippen LogP contribution is -2.44. The molecule has 0 bridgehead atoms. The van der Waals surface area contributed by atoms with Gasteiger partial charge in [-0.2, -0.15) is 0 Å². The predicted octanol–water partition coefficient (Wildman–Crippen LogP) is 2.03. The van der Waals surface area contributed by atoms with E-state index in [0.717, 1.165) is 19.1 Å². The standard InChI is InChI=1S/C12H24N2/c1-11(2)7-9-14-8-5-4-6-12(14)10-13-3/h7,12-13H,4-6,8-10H2,1-3H3. The largest absolute Gasteiger partial charge is 0.318 e. The highest BCUT2D eigenvalue weighted by molar-refractivity contribution is 4.96. The van der Waals surface area contributed by atoms with Crippen LogP contribution in [0.25, 0.3) is 0 Å². The third kappa shape index (κ3) is 3.81. The highest BCUT2D eigenvalue weighted by atomic mass is 15.2. The molecule has 2 heteroatoms. The fourth-order valence-corrected chi connectivity index (χ4v) is 2.07. The van der Waals surface area contributed by atoms with E-state index in [1.807, 2.05) is 7.05 Å². The van der Waals surface area contributed by atoms with Crippen LogP contribution in [-0.4, -0.2) is 37.6 Å². The minimum atomic E-state index is 0.754. The van der Waals surface area contributed by atoms with Crippen molar-refractivity contribution in [1.29, 1.82) is 0 Å². The molecule has 1 N–H and O–H groups in total. The van der Waals surface area contributed by atoms with Crippen LogP contribution < -0.4 is 5.32 Å². The number of rotatable bonds is 4. The van der Waals surface area contributed by atoms with Crippen LogP contribution in [0, 0.1) is 0 Å². The second kappa shape index (κ2) is 6.20. The quantitative estimate of drug-likeness (QED) is 0.692. The Morgan fingerprint density at radius 2 is 2.21 bits per heavy atom. The normalized spacial score (nSPS) is 23.5. The van der Waals surface area contributed by atoms with Gasteiger partial charge in [-0.05, 0) is 40.3 Å². The molecule has 0 aromatic rings. The first kappa shape index (κ1) is 11.7. The smallest absolute Gasteiger partial charge is 0.0223 e. The van der Waals surface area contributed by atoms with Crippen molar-refractivity contribution in [3.05, 3.63) is 11.6 Å². The molecule has 0 spiro atoms. The fraction of sp³-hybridized carbons (Fsp3) is 0.833. The molecule has 1 rings (SSSR count). The third-order valence-corrected chi connectivity index (χ3v) is 2.92. The number of hydrogen-bond donors (Lipinski definition) is 1. The van der Waals surface area contributed by atoms with E-state index in [9.17, 15) is 0 Å². The van der Waals surface area contributed by atoms with Crippen molar-refractivity contribution in [2.75, 3.05) is 26.7 Å². The molecule has 14 heavy (non-hydrogen) atoms. The molecule has 1 aliphatic rings. The summed E-state index contributed by atoms with van der Waals surface area (Å²) in [4.78, 5) is 2.60. The summed E-state index contributed by atoms with van der Waals surface area (Å²) in [5, 5.41) is 3.29. The summed E-state index contributed by atoms with van der Waals surface area (Å²) in [7, 11) is 2.05. The molecular weight excluding hydrogens is 172 g/mol. The molecule has 0 amide bonds. The maximum absolute atomic E-state index is 3.29. The number of nitrogens with one attached hydrogen (secondary N) is 1. The summed E-state index contributed by atoms with van der Waals surface area (Å²) in [5.74, 6) is 0. The number of nitrogens with zero attached hydrogens (tertiary/aromatic N) is 1. The molecule has 1 atom stereocenters. The van der Waals surface area contributed by atoms with Crippen LogP contribution in [0.3, 0.4) is 0 Å². The summed E-state index contributed by atoms with van der Waals surface area (Å²) < 4.78 is 0. The van der Waals surface area contributed by atoms with Crippen molar-refractivity contribution >= 4 is 0 Å². The highest BCUT2D eigenvalue weighted by Gasteiger charge is 2.20. The van der Waals surface area contributed by atoms with Crippen LogP contribution in [-0.2, 0) is 0 Å². The Labute approximate surface area is 88.4 Å². The van der Waals surface area contributed by atoms with Crippen molar-refractivity contribution in [2.45, 2.75) is 39.2 Å². The number of piperidine rings is 1. The molecule has 2 nitrogen and oxygen atoms in total. The lowest BCUT2D eigenvalue weighted by atomic mass is 10.0. The monoisotopic (exact) mass is 196 g/mol. The Morgan fingerprint density at radius 1 is 1.43 bits per heavy atom. The van der Waals surface area contributed by atoms with E-state index in [1.54, 1.807) is 0 Å². The van der Waals surface area contributed by atoms with Gasteiger partial charge in [-0.25, -0.2) is 0 Å². The molecule has 82 valence electrons. The number of hydrogen-bond acceptors (Lipinski definition) is 2. The minimum Gasteiger partial charge on any atom is -0.318 e. The van der Waals surface area contributed by atoms with Gasteiger partial charge in [0.1, 0.15) is 0 Å². The fourth-order valence-electron chi connectivity index (χ4n) is 2.07. The van der Waals surface area contributed by atoms with E-state index in [-0.39, 0.29) is 0 Å². The molecule has 1 unspecified atom stereocenters. The summed E-state index contributed by atoms with van der Waals surface area (Å²) >= 11 is 0. The highest BCUT2D eigenvalue weighted by Crippen LogP contribution is 2.16. The van der Waals surface area contributed by atoms with Gasteiger partial charge in [0.05, 0.1) is 0 Å². The van der Waals surface area contributed by atoms with E-state index in [4.69, 9.17) is 0 Å². The van der Waals surface area contributed by atoms with E-state index < -0.39 is 0 Å². The maximum Gasteiger partial charge on any atom is 0.0223 e. The second-order valence-electron chi connectivity index (χ2n) is 4.48. The Bertz CT molecular complexity index is 181. The minimum absolute atomic E-state index is 0.754. The van der Waals surface area contributed by atoms with Gasteiger partial charge in [0.2, 0.25) is 0 Å². The van der Waals surface area contributed by atoms with Crippen LogP contribution in [0.1, 0.15) is 33.1 Å². The first-order chi connectivity index (χ1) is 6.74. The summed E-state index contributed by atoms with van der Waals surface area (Å²) in [6.07, 6.45) is 6.47. The van der Waals surface area contributed by atoms with Gasteiger partial charge >= 0.3 is 0 Å². The van der Waals surface area contributed by atoms with Gasteiger partial charge in [-0.1, -0.05) is 18.1 Å². The molecule has 1 fully saturated rings. The van der Waals surface area contributed by atoms with Gasteiger partial charge in [-0.3, -0.25) is 4.90 Å². The number of allylic oxidation sites excluding steroid dienone is 1. The average molecular weight is 196 g/mol. The van der Waals surface area contributed by atoms with Gasteiger partial charge < -0.3 is 5.32 Å². The lowest BCUT2D eigenvalue weighted by Gasteiger charge is -2.35. The van der Waals surface area contributed by atoms with E-state index in [1.165, 1.54) is 31.4 Å². The van der Waals surface area contributed by atoms with Crippen molar-refractivity contribution < 1.29 is 0 Å². The molecule has 0 aromatic heterocycles. The molecule has 0 aromatic carbocycles. The average Bonchev–Trinajstić information content (AvgIpc) is 2.17. The molecule has 0 saturated carbocycles. The van der Waals surface area contributed by atoms with E-state index >= 15 is 0 Å². The molecule has 1 aliphatic heterocycles. The Kier molecular flexibility index (Phi) is 5.20. The second-order valence-corrected chi connectivity index (χ2v) is 4.48. The zero-order chi connectivity index (χ0) is 10.4. The van der Waals surface area contributed by atoms with Crippen molar-refractivity contribution in [1.82, 2.24) is 10.2 Å². The summed E-state index contributed by atoms with van der Waals surface area (Å²) in [5.41, 5.74) is 1.43. The number of likely N-dealkylation sites (N-methyl/N-ethyl adjacent to an activating group) is 1. The van der Waals surface area contributed by atoms with Crippen LogP contribution in [0.5, 0.6) is 0 Å². The van der Waals surface area contributed by atoms with E-state index in [2.05, 4.69) is 30.1 Å². The van der Waals surface area contributed by atoms with Gasteiger partial charge in [0, 0.05) is 19.1 Å². The molecule has 0 aliphatic carbocycles. The Balaban J connectivity index is 2.41. The topological polar surface area (TPSA) is 15.3 Å². The van der Waals surface area contributed by atoms with Crippen molar-refractivity contribution in [2.24, 2.45) is 0 Å². The van der Waals surface area contributed by atoms with Gasteiger partial charge in [0.25, 0.3) is 0 Å². The van der Waals surface area contributed by atoms with Crippen LogP contribution in [0.4, 0.5) is 0 Å². The zero-order valence-corrected chi connectivity index (χ0v) is 9.84. The van der Waals surface area contributed by atoms with Crippen LogP contribution in [0.15, 0.2) is 11.6 Å². The Morgan fingerprint density at radius 3 is 2.86 bits per heavy atom. The van der Waals surface area contributed by atoms with Gasteiger partial charge in [0.15, 0.2) is 0 Å². The SMILES string of the molecule is CNCC1CCCCN1CC=C(C)C. The van der Waals surface area contributed by atoms with Crippen LogP contribution >= 0.6 is 0 Å². The van der Waals surface area contributed by atoms with Crippen molar-refractivity contribution in [3.8, 4) is 0 Å². The molecular formula is C12H24N2. The maximum atomic E-state index is 3.29. The summed E-state index contributed by atoms with van der Waals surface area (Å²) in [6, 6.07) is 0.754. The number of likely N-dealkylation sites (tertiary alicyclic amines) is 1. The Hall–Kier alpha value is -0.340.